The van der Waals surface area contributed by atoms with Crippen LogP contribution >= 0.6 is 7.75 Å². The van der Waals surface area contributed by atoms with Crippen LogP contribution in [0.15, 0.2) is 0 Å². The van der Waals surface area contributed by atoms with E-state index in [1.165, 1.54) is 0 Å². The van der Waals surface area contributed by atoms with Gasteiger partial charge in [0.25, 0.3) is 10.1 Å². The molecule has 0 aromatic carbocycles. The van der Waals surface area contributed by atoms with Gasteiger partial charge in [0.2, 0.25) is 0 Å². The molecule has 18 heavy (non-hydrogen) atoms. The highest BCUT2D eigenvalue weighted by Crippen LogP contribution is 2.48. The molecular formula is C6H13N2O8PS. The predicted molar refractivity (Wildman–Crippen MR) is 57.7 cm³/mol. The highest BCUT2D eigenvalue weighted by molar-refractivity contribution is 7.87. The van der Waals surface area contributed by atoms with Crippen molar-refractivity contribution < 1.29 is 35.7 Å². The van der Waals surface area contributed by atoms with Crippen LogP contribution < -0.4 is 5.84 Å². The van der Waals surface area contributed by atoms with Crippen LogP contribution in [0.4, 0.5) is 4.79 Å². The fourth-order valence-corrected chi connectivity index (χ4v) is 2.94. The maximum absolute atomic E-state index is 11.7. The van der Waals surface area contributed by atoms with E-state index in [-0.39, 0.29) is 11.4 Å². The Morgan fingerprint density at radius 1 is 1.44 bits per heavy atom. The minimum atomic E-state index is -3.97. The van der Waals surface area contributed by atoms with Crippen molar-refractivity contribution >= 4 is 24.0 Å². The van der Waals surface area contributed by atoms with Crippen molar-refractivity contribution in [2.75, 3.05) is 26.6 Å². The van der Waals surface area contributed by atoms with Crippen LogP contribution in [0.5, 0.6) is 0 Å². The first kappa shape index (κ1) is 15.3. The molecule has 1 heterocycles. The summed E-state index contributed by atoms with van der Waals surface area (Å²) in [6.07, 6.45) is -2.26. The fraction of sp³-hybridized carbons (Fsp3) is 0.833. The van der Waals surface area contributed by atoms with Gasteiger partial charge in [0, 0.05) is 14.2 Å². The van der Waals surface area contributed by atoms with Crippen LogP contribution in [0.2, 0.25) is 0 Å². The lowest BCUT2D eigenvalue weighted by Crippen LogP contribution is -2.38. The molecule has 1 unspecified atom stereocenters. The van der Waals surface area contributed by atoms with E-state index in [9.17, 15) is 17.8 Å². The Hall–Kier alpha value is -0.710. The molecular weight excluding hydrogens is 291 g/mol. The van der Waals surface area contributed by atoms with Crippen LogP contribution in [0.1, 0.15) is 0 Å². The van der Waals surface area contributed by atoms with Gasteiger partial charge in [0.1, 0.15) is 18.5 Å². The molecule has 0 aromatic rings. The van der Waals surface area contributed by atoms with E-state index in [4.69, 9.17) is 5.84 Å². The van der Waals surface area contributed by atoms with Crippen LogP contribution in [0.25, 0.3) is 0 Å². The van der Waals surface area contributed by atoms with E-state index in [0.29, 0.717) is 0 Å². The molecule has 1 saturated heterocycles. The van der Waals surface area contributed by atoms with E-state index in [2.05, 4.69) is 18.0 Å². The molecule has 1 amide bonds. The summed E-state index contributed by atoms with van der Waals surface area (Å²) in [6.45, 7) is -0.313. The zero-order valence-electron chi connectivity index (χ0n) is 9.64. The molecule has 10 nitrogen and oxygen atoms in total. The molecule has 106 valence electrons. The smallest absolute Gasteiger partial charge is 0.441 e. The quantitative estimate of drug-likeness (QED) is 0.238. The normalized spacial score (nSPS) is 22.7. The van der Waals surface area contributed by atoms with Gasteiger partial charge in [-0.2, -0.15) is 8.42 Å². The summed E-state index contributed by atoms with van der Waals surface area (Å²) in [4.78, 5) is 11.5. The lowest BCUT2D eigenvalue weighted by molar-refractivity contribution is 0.0699. The predicted octanol–water partition coefficient (Wildman–Crippen LogP) is -0.572. The third-order valence-corrected chi connectivity index (χ3v) is 4.89. The van der Waals surface area contributed by atoms with Gasteiger partial charge >= 0.3 is 13.8 Å². The zero-order chi connectivity index (χ0) is 14.0. The summed E-state index contributed by atoms with van der Waals surface area (Å²) >= 11 is 0. The maximum atomic E-state index is 11.7. The Balaban J connectivity index is 2.64. The van der Waals surface area contributed by atoms with E-state index >= 15 is 0 Å². The number of ether oxygens (including phenoxy) is 1. The van der Waals surface area contributed by atoms with Crippen molar-refractivity contribution in [3.63, 3.8) is 0 Å². The first-order valence-corrected chi connectivity index (χ1v) is 7.66. The molecule has 0 spiro atoms. The molecule has 1 aliphatic heterocycles. The van der Waals surface area contributed by atoms with Crippen molar-refractivity contribution in [3.05, 3.63) is 0 Å². The van der Waals surface area contributed by atoms with Crippen molar-refractivity contribution in [1.29, 1.82) is 0 Å². The van der Waals surface area contributed by atoms with E-state index in [1.807, 2.05) is 0 Å². The monoisotopic (exact) mass is 304 g/mol. The molecule has 1 fully saturated rings. The molecule has 1 aliphatic rings. The molecule has 0 aliphatic carbocycles. The number of nitrogens with zero attached hydrogens (tertiary/aromatic N) is 1. The molecule has 0 saturated carbocycles. The Morgan fingerprint density at radius 3 is 2.39 bits per heavy atom. The average Bonchev–Trinajstić information content (AvgIpc) is 2.66. The first-order valence-electron chi connectivity index (χ1n) is 4.58. The van der Waals surface area contributed by atoms with Crippen molar-refractivity contribution in [1.82, 2.24) is 4.78 Å². The number of hydrazine groups is 1. The standard InChI is InChI=1S/C6H13N2O8PS/c1-13-17(10,14-2)8(7)6(9)16-5-3-15-18(11,12)4-5/h5H,3-4,7H2,1-2H3. The van der Waals surface area contributed by atoms with Crippen molar-refractivity contribution in [2.24, 2.45) is 5.84 Å². The minimum absolute atomic E-state index is 0.137. The fourth-order valence-electron chi connectivity index (χ4n) is 1.12. The summed E-state index contributed by atoms with van der Waals surface area (Å²) in [5, 5.41) is 0. The highest BCUT2D eigenvalue weighted by atomic mass is 32.2. The Bertz CT molecular complexity index is 456. The summed E-state index contributed by atoms with van der Waals surface area (Å²) in [5.74, 6) is 4.73. The molecule has 2 N–H and O–H groups in total. The Labute approximate surface area is 104 Å². The molecule has 0 aromatic heterocycles. The van der Waals surface area contributed by atoms with E-state index in [1.54, 1.807) is 0 Å². The minimum Gasteiger partial charge on any atom is -0.441 e. The number of carbonyl (C=O) groups excluding carboxylic acids is 1. The van der Waals surface area contributed by atoms with Crippen LogP contribution in [0, 0.1) is 0 Å². The van der Waals surface area contributed by atoms with E-state index in [0.717, 1.165) is 14.2 Å². The third-order valence-electron chi connectivity index (χ3n) is 2.00. The lowest BCUT2D eigenvalue weighted by Gasteiger charge is -2.23. The largest absolute Gasteiger partial charge is 0.453 e. The van der Waals surface area contributed by atoms with Crippen molar-refractivity contribution in [3.8, 4) is 0 Å². The SMILES string of the molecule is COP(=O)(OC)N(N)C(=O)OC1COS(=O)(=O)C1. The van der Waals surface area contributed by atoms with Gasteiger partial charge in [0.15, 0.2) is 0 Å². The number of rotatable bonds is 4. The molecule has 1 atom stereocenters. The Morgan fingerprint density at radius 2 is 2.00 bits per heavy atom. The Kier molecular flexibility index (Phi) is 4.70. The van der Waals surface area contributed by atoms with Gasteiger partial charge < -0.3 is 4.74 Å². The lowest BCUT2D eigenvalue weighted by atomic mass is 10.4. The summed E-state index contributed by atoms with van der Waals surface area (Å²) < 4.78 is 51.7. The van der Waals surface area contributed by atoms with Crippen LogP contribution in [0.3, 0.4) is 0 Å². The van der Waals surface area contributed by atoms with Gasteiger partial charge in [0.05, 0.1) is 0 Å². The second-order valence-corrected chi connectivity index (χ2v) is 6.98. The zero-order valence-corrected chi connectivity index (χ0v) is 11.3. The average molecular weight is 304 g/mol. The number of carbonyl (C=O) groups is 1. The van der Waals surface area contributed by atoms with Gasteiger partial charge in [-0.3, -0.25) is 13.2 Å². The molecule has 1 rings (SSSR count). The van der Waals surface area contributed by atoms with E-state index < -0.39 is 35.8 Å². The number of nitrogens with two attached hydrogens (primary N) is 1. The van der Waals surface area contributed by atoms with Crippen molar-refractivity contribution in [2.45, 2.75) is 6.10 Å². The molecule has 12 heteroatoms. The first-order chi connectivity index (χ1) is 8.24. The molecule has 0 radical (unpaired) electrons. The van der Waals surface area contributed by atoms with Gasteiger partial charge in [-0.25, -0.2) is 15.2 Å². The topological polar surface area (TPSA) is 134 Å². The number of amides is 1. The van der Waals surface area contributed by atoms with Crippen LogP contribution in [-0.2, 0) is 32.7 Å². The van der Waals surface area contributed by atoms with Gasteiger partial charge in [-0.15, -0.1) is 4.78 Å². The summed E-state index contributed by atoms with van der Waals surface area (Å²) in [5.41, 5.74) is 0. The third kappa shape index (κ3) is 3.40. The van der Waals surface area contributed by atoms with Gasteiger partial charge in [-0.1, -0.05) is 0 Å². The second kappa shape index (κ2) is 5.51. The summed E-state index contributed by atoms with van der Waals surface area (Å²) in [7, 11) is -5.60. The number of hydrogen-bond acceptors (Lipinski definition) is 9. The van der Waals surface area contributed by atoms with Gasteiger partial charge in [-0.05, 0) is 0 Å². The molecule has 0 bridgehead atoms. The second-order valence-electron chi connectivity index (χ2n) is 3.19. The summed E-state index contributed by atoms with van der Waals surface area (Å²) in [6, 6.07) is 0. The maximum Gasteiger partial charge on any atom is 0.453 e. The van der Waals surface area contributed by atoms with Crippen LogP contribution in [-0.4, -0.2) is 52.0 Å². The number of hydrogen-bond donors (Lipinski definition) is 1. The highest BCUT2D eigenvalue weighted by Gasteiger charge is 2.38.